The number of pyridine rings is 1. The highest BCUT2D eigenvalue weighted by Gasteiger charge is 2.35. The van der Waals surface area contributed by atoms with Crippen LogP contribution >= 0.6 is 24.0 Å². The van der Waals surface area contributed by atoms with Crippen molar-refractivity contribution in [2.24, 2.45) is 0 Å². The smallest absolute Gasteiger partial charge is 0.267 e. The molecule has 3 heterocycles. The van der Waals surface area contributed by atoms with E-state index in [0.29, 0.717) is 32.8 Å². The number of hydrogen-bond donors (Lipinski definition) is 1. The zero-order valence-corrected chi connectivity index (χ0v) is 19.8. The molecule has 32 heavy (non-hydrogen) atoms. The lowest BCUT2D eigenvalue weighted by molar-refractivity contribution is -0.123. The van der Waals surface area contributed by atoms with Gasteiger partial charge in [-0.25, -0.2) is 4.98 Å². The maximum Gasteiger partial charge on any atom is 0.267 e. The number of aryl methyl sites for hydroxylation is 1. The summed E-state index contributed by atoms with van der Waals surface area (Å²) < 4.78 is 2.00. The number of anilines is 1. The van der Waals surface area contributed by atoms with Gasteiger partial charge < -0.3 is 5.32 Å². The average molecular weight is 465 g/mol. The molecule has 1 N–H and O–H groups in total. The topological polar surface area (TPSA) is 66.7 Å². The molecule has 1 amide bonds. The van der Waals surface area contributed by atoms with Gasteiger partial charge in [0.15, 0.2) is 0 Å². The van der Waals surface area contributed by atoms with Crippen LogP contribution in [0.5, 0.6) is 0 Å². The van der Waals surface area contributed by atoms with Gasteiger partial charge in [-0.3, -0.25) is 18.9 Å². The second kappa shape index (κ2) is 9.26. The average Bonchev–Trinajstić information content (AvgIpc) is 3.07. The molecular weight excluding hydrogens is 440 g/mol. The van der Waals surface area contributed by atoms with Crippen LogP contribution < -0.4 is 10.9 Å². The molecule has 1 unspecified atom stereocenters. The maximum absolute atomic E-state index is 13.3. The van der Waals surface area contributed by atoms with Crippen molar-refractivity contribution in [3.63, 3.8) is 0 Å². The lowest BCUT2D eigenvalue weighted by Crippen LogP contribution is -2.36. The fourth-order valence-electron chi connectivity index (χ4n) is 3.43. The van der Waals surface area contributed by atoms with Crippen molar-refractivity contribution in [2.45, 2.75) is 39.8 Å². The van der Waals surface area contributed by atoms with E-state index in [2.05, 4.69) is 10.3 Å². The van der Waals surface area contributed by atoms with Gasteiger partial charge in [-0.15, -0.1) is 0 Å². The lowest BCUT2D eigenvalue weighted by atomic mass is 10.1. The fraction of sp³-hybridized carbons (Fsp3) is 0.250. The van der Waals surface area contributed by atoms with Crippen molar-refractivity contribution in [3.05, 3.63) is 80.6 Å². The van der Waals surface area contributed by atoms with Gasteiger partial charge in [0.2, 0.25) is 0 Å². The Hall–Kier alpha value is -2.97. The summed E-state index contributed by atoms with van der Waals surface area (Å²) in [4.78, 5) is 33.1. The second-order valence-corrected chi connectivity index (χ2v) is 9.43. The molecule has 164 valence electrons. The Bertz CT molecular complexity index is 1280. The molecule has 1 saturated heterocycles. The Labute approximate surface area is 196 Å². The number of thioether (sulfide) groups is 1. The third-order valence-corrected chi connectivity index (χ3v) is 6.81. The van der Waals surface area contributed by atoms with Crippen LogP contribution in [0.25, 0.3) is 11.7 Å². The summed E-state index contributed by atoms with van der Waals surface area (Å²) in [7, 11) is 0. The number of benzene rings is 1. The molecule has 8 heteroatoms. The van der Waals surface area contributed by atoms with E-state index in [1.165, 1.54) is 21.7 Å². The Balaban J connectivity index is 1.76. The van der Waals surface area contributed by atoms with Crippen LogP contribution in [0.1, 0.15) is 37.0 Å². The number of carbonyl (C=O) groups is 1. The number of fused-ring (bicyclic) bond motifs is 1. The van der Waals surface area contributed by atoms with Crippen LogP contribution in [-0.2, 0) is 11.3 Å². The van der Waals surface area contributed by atoms with Crippen LogP contribution in [-0.4, -0.2) is 30.6 Å². The van der Waals surface area contributed by atoms with Gasteiger partial charge in [0.1, 0.15) is 15.8 Å². The largest absolute Gasteiger partial charge is 0.365 e. The number of amides is 1. The SMILES string of the molecule is CCC(C)N1C(=O)C(=Cc2c(NCc3ccc(C)cc3)nc3ccccn3c2=O)SC1=S. The minimum absolute atomic E-state index is 0.00311. The first-order valence-electron chi connectivity index (χ1n) is 10.5. The molecule has 0 saturated carbocycles. The number of nitrogens with zero attached hydrogens (tertiary/aromatic N) is 3. The Morgan fingerprint density at radius 3 is 2.66 bits per heavy atom. The molecule has 1 atom stereocenters. The van der Waals surface area contributed by atoms with Gasteiger partial charge in [-0.2, -0.15) is 0 Å². The standard InChI is InChI=1S/C24H24N4O2S2/c1-4-16(3)28-23(30)19(32-24(28)31)13-18-21(25-14-17-10-8-15(2)9-11-17)26-20-7-5-6-12-27(20)22(18)29/h5-13,16,25H,4,14H2,1-3H3. The summed E-state index contributed by atoms with van der Waals surface area (Å²) >= 11 is 6.66. The van der Waals surface area contributed by atoms with Crippen LogP contribution in [0.3, 0.4) is 0 Å². The van der Waals surface area contributed by atoms with E-state index in [4.69, 9.17) is 12.2 Å². The molecule has 1 aliphatic rings. The van der Waals surface area contributed by atoms with Crippen LogP contribution in [0, 0.1) is 6.92 Å². The van der Waals surface area contributed by atoms with Crippen molar-refractivity contribution in [3.8, 4) is 0 Å². The molecule has 3 aromatic rings. The van der Waals surface area contributed by atoms with Crippen molar-refractivity contribution in [1.82, 2.24) is 14.3 Å². The van der Waals surface area contributed by atoms with Gasteiger partial charge in [0.25, 0.3) is 11.5 Å². The third-order valence-electron chi connectivity index (χ3n) is 5.48. The van der Waals surface area contributed by atoms with Crippen molar-refractivity contribution in [1.29, 1.82) is 0 Å². The monoisotopic (exact) mass is 464 g/mol. The fourth-order valence-corrected chi connectivity index (χ4v) is 4.88. The Kier molecular flexibility index (Phi) is 6.43. The lowest BCUT2D eigenvalue weighted by Gasteiger charge is -2.21. The van der Waals surface area contributed by atoms with Crippen molar-refractivity contribution in [2.75, 3.05) is 5.32 Å². The summed E-state index contributed by atoms with van der Waals surface area (Å²) in [6.45, 7) is 6.52. The molecule has 1 aliphatic heterocycles. The predicted molar refractivity (Wildman–Crippen MR) is 135 cm³/mol. The number of nitrogens with one attached hydrogen (secondary N) is 1. The van der Waals surface area contributed by atoms with Gasteiger partial charge in [-0.05, 0) is 44.0 Å². The molecule has 6 nitrogen and oxygen atoms in total. The minimum Gasteiger partial charge on any atom is -0.365 e. The van der Waals surface area contributed by atoms with Gasteiger partial charge >= 0.3 is 0 Å². The summed E-state index contributed by atoms with van der Waals surface area (Å²) in [6, 6.07) is 13.6. The van der Waals surface area contributed by atoms with E-state index in [-0.39, 0.29) is 17.5 Å². The molecule has 1 fully saturated rings. The highest BCUT2D eigenvalue weighted by molar-refractivity contribution is 8.26. The zero-order chi connectivity index (χ0) is 22.8. The summed E-state index contributed by atoms with van der Waals surface area (Å²) in [5.74, 6) is 0.270. The molecule has 2 aromatic heterocycles. The first-order valence-corrected chi connectivity index (χ1v) is 11.7. The summed E-state index contributed by atoms with van der Waals surface area (Å²) in [5.41, 5.74) is 2.88. The zero-order valence-electron chi connectivity index (χ0n) is 18.2. The van der Waals surface area contributed by atoms with E-state index in [0.717, 1.165) is 12.0 Å². The van der Waals surface area contributed by atoms with E-state index >= 15 is 0 Å². The second-order valence-electron chi connectivity index (χ2n) is 7.76. The number of rotatable bonds is 6. The number of carbonyl (C=O) groups excluding carboxylic acids is 1. The van der Waals surface area contributed by atoms with E-state index in [1.54, 1.807) is 29.3 Å². The molecule has 0 spiro atoms. The highest BCUT2D eigenvalue weighted by atomic mass is 32.2. The predicted octanol–water partition coefficient (Wildman–Crippen LogP) is 4.61. The van der Waals surface area contributed by atoms with Crippen LogP contribution in [0.15, 0.2) is 58.4 Å². The number of thiocarbonyl (C=S) groups is 1. The normalized spacial score (nSPS) is 16.2. The number of hydrogen-bond acceptors (Lipinski definition) is 6. The summed E-state index contributed by atoms with van der Waals surface area (Å²) in [6.07, 6.45) is 4.09. The summed E-state index contributed by atoms with van der Waals surface area (Å²) in [5, 5.41) is 3.29. The van der Waals surface area contributed by atoms with E-state index in [9.17, 15) is 9.59 Å². The number of aromatic nitrogens is 2. The molecular formula is C24H24N4O2S2. The van der Waals surface area contributed by atoms with Gasteiger partial charge in [-0.1, -0.05) is 66.8 Å². The van der Waals surface area contributed by atoms with Crippen molar-refractivity contribution >= 4 is 51.7 Å². The Morgan fingerprint density at radius 1 is 1.19 bits per heavy atom. The van der Waals surface area contributed by atoms with Crippen LogP contribution in [0.4, 0.5) is 5.82 Å². The van der Waals surface area contributed by atoms with Crippen molar-refractivity contribution < 1.29 is 4.79 Å². The first-order chi connectivity index (χ1) is 15.4. The van der Waals surface area contributed by atoms with E-state index < -0.39 is 0 Å². The third kappa shape index (κ3) is 4.33. The molecule has 0 radical (unpaired) electrons. The van der Waals surface area contributed by atoms with Gasteiger partial charge in [0, 0.05) is 18.8 Å². The quantitative estimate of drug-likeness (QED) is 0.424. The molecule has 0 aliphatic carbocycles. The minimum atomic E-state index is -0.240. The van der Waals surface area contributed by atoms with Crippen LogP contribution in [0.2, 0.25) is 0 Å². The first kappa shape index (κ1) is 22.2. The highest BCUT2D eigenvalue weighted by Crippen LogP contribution is 2.34. The maximum atomic E-state index is 13.3. The molecule has 1 aromatic carbocycles. The van der Waals surface area contributed by atoms with Gasteiger partial charge in [0.05, 0.1) is 10.5 Å². The van der Waals surface area contributed by atoms with E-state index in [1.807, 2.05) is 51.1 Å². The molecule has 0 bridgehead atoms. The Morgan fingerprint density at radius 2 is 1.94 bits per heavy atom. The molecule has 4 rings (SSSR count).